The van der Waals surface area contributed by atoms with Crippen molar-refractivity contribution in [2.24, 2.45) is 0 Å². The Labute approximate surface area is 102 Å². The third-order valence-electron chi connectivity index (χ3n) is 2.61. The van der Waals surface area contributed by atoms with Gasteiger partial charge in [-0.1, -0.05) is 39.0 Å². The molecule has 0 aliphatic carbocycles. The van der Waals surface area contributed by atoms with Gasteiger partial charge in [0.2, 0.25) is 9.05 Å². The number of rotatable bonds is 4. The molecule has 0 N–H and O–H groups in total. The number of benzene rings is 1. The lowest BCUT2D eigenvalue weighted by Gasteiger charge is -2.11. The van der Waals surface area contributed by atoms with E-state index < -0.39 is 9.05 Å². The summed E-state index contributed by atoms with van der Waals surface area (Å²) < 4.78 is 22.2. The molecular formula is C12H17ClO2S. The van der Waals surface area contributed by atoms with Gasteiger partial charge in [-0.25, -0.2) is 8.42 Å². The zero-order valence-corrected chi connectivity index (χ0v) is 11.4. The second-order valence-corrected chi connectivity index (χ2v) is 7.00. The van der Waals surface area contributed by atoms with Gasteiger partial charge >= 0.3 is 0 Å². The highest BCUT2D eigenvalue weighted by molar-refractivity contribution is 8.13. The molecule has 90 valence electrons. The van der Waals surface area contributed by atoms with Crippen molar-refractivity contribution in [3.8, 4) is 0 Å². The maximum atomic E-state index is 11.1. The quantitative estimate of drug-likeness (QED) is 0.777. The van der Waals surface area contributed by atoms with Crippen molar-refractivity contribution in [2.45, 2.75) is 38.9 Å². The Bertz CT molecular complexity index is 464. The van der Waals surface area contributed by atoms with Crippen LogP contribution in [0.25, 0.3) is 0 Å². The summed E-state index contributed by atoms with van der Waals surface area (Å²) in [5.74, 6) is 0.306. The Morgan fingerprint density at radius 2 is 1.88 bits per heavy atom. The summed E-state index contributed by atoms with van der Waals surface area (Å²) in [4.78, 5) is 0. The van der Waals surface area contributed by atoms with Crippen molar-refractivity contribution in [2.75, 3.05) is 0 Å². The van der Waals surface area contributed by atoms with E-state index in [9.17, 15) is 8.42 Å². The third kappa shape index (κ3) is 3.80. The van der Waals surface area contributed by atoms with E-state index in [0.717, 1.165) is 23.1 Å². The Morgan fingerprint density at radius 1 is 1.25 bits per heavy atom. The van der Waals surface area contributed by atoms with Crippen LogP contribution in [0.15, 0.2) is 18.2 Å². The van der Waals surface area contributed by atoms with Crippen molar-refractivity contribution in [1.29, 1.82) is 0 Å². The van der Waals surface area contributed by atoms with Crippen LogP contribution in [-0.4, -0.2) is 8.42 Å². The van der Waals surface area contributed by atoms with Crippen LogP contribution < -0.4 is 0 Å². The SMILES string of the molecule is CCc1ccc(C(C)C)cc1CS(=O)(=O)Cl. The fraction of sp³-hybridized carbons (Fsp3) is 0.500. The molecule has 0 fully saturated rings. The fourth-order valence-corrected chi connectivity index (χ4v) is 2.66. The molecule has 0 unspecified atom stereocenters. The Kier molecular flexibility index (Phi) is 4.39. The van der Waals surface area contributed by atoms with E-state index in [1.165, 1.54) is 0 Å². The molecule has 1 aromatic rings. The van der Waals surface area contributed by atoms with Crippen molar-refractivity contribution in [3.63, 3.8) is 0 Å². The first-order chi connectivity index (χ1) is 7.33. The lowest BCUT2D eigenvalue weighted by Crippen LogP contribution is -2.01. The highest BCUT2D eigenvalue weighted by atomic mass is 35.7. The average molecular weight is 261 g/mol. The zero-order chi connectivity index (χ0) is 12.3. The third-order valence-corrected chi connectivity index (χ3v) is 3.59. The van der Waals surface area contributed by atoms with Crippen molar-refractivity contribution in [1.82, 2.24) is 0 Å². The molecule has 0 aliphatic rings. The van der Waals surface area contributed by atoms with E-state index >= 15 is 0 Å². The fourth-order valence-electron chi connectivity index (χ4n) is 1.67. The zero-order valence-electron chi connectivity index (χ0n) is 9.83. The van der Waals surface area contributed by atoms with Crippen LogP contribution in [0.1, 0.15) is 43.4 Å². The van der Waals surface area contributed by atoms with Gasteiger partial charge < -0.3 is 0 Å². The second kappa shape index (κ2) is 5.19. The van der Waals surface area contributed by atoms with E-state index in [1.807, 2.05) is 25.1 Å². The van der Waals surface area contributed by atoms with Gasteiger partial charge in [0.1, 0.15) is 0 Å². The molecule has 1 rings (SSSR count). The van der Waals surface area contributed by atoms with E-state index in [2.05, 4.69) is 13.8 Å². The number of hydrogen-bond donors (Lipinski definition) is 0. The molecule has 0 aromatic heterocycles. The predicted octanol–water partition coefficient (Wildman–Crippen LogP) is 3.44. The van der Waals surface area contributed by atoms with Crippen LogP contribution in [0.3, 0.4) is 0 Å². The van der Waals surface area contributed by atoms with E-state index in [-0.39, 0.29) is 5.75 Å². The highest BCUT2D eigenvalue weighted by Crippen LogP contribution is 2.22. The van der Waals surface area contributed by atoms with Crippen molar-refractivity contribution < 1.29 is 8.42 Å². The van der Waals surface area contributed by atoms with Crippen LogP contribution in [0.5, 0.6) is 0 Å². The summed E-state index contributed by atoms with van der Waals surface area (Å²) >= 11 is 0. The minimum absolute atomic E-state index is 0.0850. The van der Waals surface area contributed by atoms with E-state index in [4.69, 9.17) is 10.7 Å². The Morgan fingerprint density at radius 3 is 2.31 bits per heavy atom. The summed E-state index contributed by atoms with van der Waals surface area (Å²) in [7, 11) is 1.82. The Balaban J connectivity index is 3.17. The molecule has 1 aromatic carbocycles. The maximum absolute atomic E-state index is 11.1. The lowest BCUT2D eigenvalue weighted by molar-refractivity contribution is 0.608. The molecule has 0 amide bonds. The van der Waals surface area contributed by atoms with Gasteiger partial charge in [-0.3, -0.25) is 0 Å². The number of halogens is 1. The molecule has 16 heavy (non-hydrogen) atoms. The van der Waals surface area contributed by atoms with E-state index in [1.54, 1.807) is 0 Å². The molecule has 0 heterocycles. The molecule has 0 atom stereocenters. The van der Waals surface area contributed by atoms with Gasteiger partial charge in [0.15, 0.2) is 0 Å². The molecule has 0 radical (unpaired) electrons. The number of hydrogen-bond acceptors (Lipinski definition) is 2. The first-order valence-electron chi connectivity index (χ1n) is 5.37. The standard InChI is InChI=1S/C12H17ClO2S/c1-4-10-5-6-11(9(2)3)7-12(10)8-16(13,14)15/h5-7,9H,4,8H2,1-3H3. The lowest BCUT2D eigenvalue weighted by atomic mass is 9.97. The molecule has 0 bridgehead atoms. The monoisotopic (exact) mass is 260 g/mol. The summed E-state index contributed by atoms with van der Waals surface area (Å²) in [6, 6.07) is 5.99. The summed E-state index contributed by atoms with van der Waals surface area (Å²) in [5.41, 5.74) is 3.02. The van der Waals surface area contributed by atoms with Crippen LogP contribution in [0.2, 0.25) is 0 Å². The molecular weight excluding hydrogens is 244 g/mol. The topological polar surface area (TPSA) is 34.1 Å². The molecule has 0 saturated heterocycles. The van der Waals surface area contributed by atoms with Gasteiger partial charge in [-0.2, -0.15) is 0 Å². The molecule has 4 heteroatoms. The van der Waals surface area contributed by atoms with Gasteiger partial charge in [0.05, 0.1) is 5.75 Å². The minimum Gasteiger partial charge on any atom is -0.212 e. The first-order valence-corrected chi connectivity index (χ1v) is 7.85. The normalized spacial score (nSPS) is 12.1. The van der Waals surface area contributed by atoms with Crippen LogP contribution in [-0.2, 0) is 21.2 Å². The van der Waals surface area contributed by atoms with Crippen LogP contribution in [0, 0.1) is 0 Å². The molecule has 2 nitrogen and oxygen atoms in total. The van der Waals surface area contributed by atoms with Crippen molar-refractivity contribution >= 4 is 19.7 Å². The van der Waals surface area contributed by atoms with Gasteiger partial charge in [-0.05, 0) is 29.0 Å². The van der Waals surface area contributed by atoms with Gasteiger partial charge in [0, 0.05) is 10.7 Å². The minimum atomic E-state index is -3.48. The predicted molar refractivity (Wildman–Crippen MR) is 68.4 cm³/mol. The van der Waals surface area contributed by atoms with Gasteiger partial charge in [-0.15, -0.1) is 0 Å². The average Bonchev–Trinajstić information content (AvgIpc) is 2.15. The second-order valence-electron chi connectivity index (χ2n) is 4.22. The largest absolute Gasteiger partial charge is 0.236 e. The Hall–Kier alpha value is -0.540. The number of aryl methyl sites for hydroxylation is 1. The van der Waals surface area contributed by atoms with Crippen LogP contribution >= 0.6 is 10.7 Å². The summed E-state index contributed by atoms with van der Waals surface area (Å²) in [5, 5.41) is 0. The summed E-state index contributed by atoms with van der Waals surface area (Å²) in [6.45, 7) is 6.18. The smallest absolute Gasteiger partial charge is 0.212 e. The molecule has 0 spiro atoms. The van der Waals surface area contributed by atoms with Crippen LogP contribution in [0.4, 0.5) is 0 Å². The first kappa shape index (κ1) is 13.5. The van der Waals surface area contributed by atoms with E-state index in [0.29, 0.717) is 5.92 Å². The van der Waals surface area contributed by atoms with Crippen molar-refractivity contribution in [3.05, 3.63) is 34.9 Å². The summed E-state index contributed by atoms with van der Waals surface area (Å²) in [6.07, 6.45) is 0.820. The molecule has 0 saturated carbocycles. The maximum Gasteiger partial charge on any atom is 0.236 e. The highest BCUT2D eigenvalue weighted by Gasteiger charge is 2.12. The molecule has 0 aliphatic heterocycles. The van der Waals surface area contributed by atoms with Gasteiger partial charge in [0.25, 0.3) is 0 Å².